The van der Waals surface area contributed by atoms with Crippen LogP contribution in [0.1, 0.15) is 22.4 Å². The number of benzene rings is 2. The van der Waals surface area contributed by atoms with Crippen LogP contribution < -0.4 is 4.90 Å². The Morgan fingerprint density at radius 3 is 2.16 bits per heavy atom. The van der Waals surface area contributed by atoms with E-state index < -0.39 is 0 Å². The quantitative estimate of drug-likeness (QED) is 0.654. The van der Waals surface area contributed by atoms with Crippen LogP contribution in [0, 0.1) is 32.1 Å². The molecule has 0 atom stereocenters. The van der Waals surface area contributed by atoms with Gasteiger partial charge in [0.25, 0.3) is 0 Å². The monoisotopic (exact) mass is 327 g/mol. The van der Waals surface area contributed by atoms with Crippen molar-refractivity contribution in [1.82, 2.24) is 4.98 Å². The van der Waals surface area contributed by atoms with Gasteiger partial charge < -0.3 is 4.90 Å². The number of hydrogen-bond donors (Lipinski definition) is 0. The molecule has 0 bridgehead atoms. The highest BCUT2D eigenvalue weighted by Crippen LogP contribution is 2.31. The van der Waals surface area contributed by atoms with Crippen molar-refractivity contribution < 1.29 is 0 Å². The lowest BCUT2D eigenvalue weighted by molar-refractivity contribution is 1.08. The third kappa shape index (κ3) is 3.39. The fourth-order valence-corrected chi connectivity index (χ4v) is 3.11. The van der Waals surface area contributed by atoms with Crippen LogP contribution in [-0.2, 0) is 0 Å². The molecule has 0 spiro atoms. The Labute approximate surface area is 149 Å². The van der Waals surface area contributed by atoms with Crippen LogP contribution in [0.5, 0.6) is 0 Å². The molecule has 3 heteroatoms. The van der Waals surface area contributed by atoms with Crippen molar-refractivity contribution in [3.05, 3.63) is 77.0 Å². The molecule has 25 heavy (non-hydrogen) atoms. The summed E-state index contributed by atoms with van der Waals surface area (Å²) in [6.45, 7) is 6.14. The van der Waals surface area contributed by atoms with Gasteiger partial charge in [-0.2, -0.15) is 5.26 Å². The second-order valence-corrected chi connectivity index (χ2v) is 6.38. The van der Waals surface area contributed by atoms with Crippen LogP contribution in [0.3, 0.4) is 0 Å². The van der Waals surface area contributed by atoms with Crippen LogP contribution in [-0.4, -0.2) is 12.0 Å². The summed E-state index contributed by atoms with van der Waals surface area (Å²) in [5.41, 5.74) is 6.98. The highest BCUT2D eigenvalue weighted by Gasteiger charge is 2.15. The Morgan fingerprint density at radius 1 is 0.920 bits per heavy atom. The maximum Gasteiger partial charge on any atom is 0.151 e. The van der Waals surface area contributed by atoms with Gasteiger partial charge in [-0.15, -0.1) is 0 Å². The Hall–Kier alpha value is -3.12. The van der Waals surface area contributed by atoms with E-state index in [1.165, 1.54) is 11.1 Å². The number of anilines is 2. The molecule has 3 aromatic rings. The van der Waals surface area contributed by atoms with E-state index in [1.54, 1.807) is 0 Å². The largest absolute Gasteiger partial charge is 0.328 e. The van der Waals surface area contributed by atoms with E-state index in [1.807, 2.05) is 55.3 Å². The molecule has 1 aromatic heterocycles. The van der Waals surface area contributed by atoms with E-state index in [4.69, 9.17) is 4.98 Å². The minimum absolute atomic E-state index is 0.575. The molecule has 0 unspecified atom stereocenters. The van der Waals surface area contributed by atoms with Gasteiger partial charge in [-0.1, -0.05) is 36.4 Å². The summed E-state index contributed by atoms with van der Waals surface area (Å²) in [5, 5.41) is 9.67. The van der Waals surface area contributed by atoms with Crippen molar-refractivity contribution in [2.24, 2.45) is 0 Å². The third-order valence-electron chi connectivity index (χ3n) is 4.31. The molecule has 0 N–H and O–H groups in total. The zero-order valence-electron chi connectivity index (χ0n) is 15.0. The first-order chi connectivity index (χ1) is 12.0. The molecule has 124 valence electrons. The van der Waals surface area contributed by atoms with Gasteiger partial charge in [0.1, 0.15) is 6.07 Å². The van der Waals surface area contributed by atoms with E-state index >= 15 is 0 Å². The standard InChI is InChI=1S/C22H21N3/c1-15-10-16(2)12-20(11-15)25(4)22-19(14-23)13-21(17(3)24-22)18-8-6-5-7-9-18/h5-13H,1-4H3. The highest BCUT2D eigenvalue weighted by atomic mass is 15.2. The van der Waals surface area contributed by atoms with Crippen molar-refractivity contribution >= 4 is 11.5 Å². The first-order valence-electron chi connectivity index (χ1n) is 8.29. The number of aromatic nitrogens is 1. The highest BCUT2D eigenvalue weighted by molar-refractivity contribution is 5.74. The number of hydrogen-bond acceptors (Lipinski definition) is 3. The summed E-state index contributed by atoms with van der Waals surface area (Å²) < 4.78 is 0. The Balaban J connectivity index is 2.11. The second-order valence-electron chi connectivity index (χ2n) is 6.38. The Bertz CT molecular complexity index is 933. The molecule has 0 fully saturated rings. The maximum absolute atomic E-state index is 9.67. The molecule has 1 heterocycles. The fraction of sp³-hybridized carbons (Fsp3) is 0.182. The van der Waals surface area contributed by atoms with Gasteiger partial charge >= 0.3 is 0 Å². The topological polar surface area (TPSA) is 39.9 Å². The van der Waals surface area contributed by atoms with Gasteiger partial charge in [0, 0.05) is 24.0 Å². The van der Waals surface area contributed by atoms with Crippen molar-refractivity contribution in [3.63, 3.8) is 0 Å². The molecule has 3 nitrogen and oxygen atoms in total. The van der Waals surface area contributed by atoms with Gasteiger partial charge in [-0.05, 0) is 55.7 Å². The summed E-state index contributed by atoms with van der Waals surface area (Å²) in [6.07, 6.45) is 0. The van der Waals surface area contributed by atoms with Gasteiger partial charge in [0.05, 0.1) is 5.56 Å². The van der Waals surface area contributed by atoms with Crippen molar-refractivity contribution in [2.45, 2.75) is 20.8 Å². The van der Waals surface area contributed by atoms with E-state index in [0.717, 1.165) is 22.5 Å². The van der Waals surface area contributed by atoms with E-state index in [0.29, 0.717) is 11.4 Å². The van der Waals surface area contributed by atoms with E-state index in [9.17, 15) is 5.26 Å². The SMILES string of the molecule is Cc1cc(C)cc(N(C)c2nc(C)c(-c3ccccc3)cc2C#N)c1. The maximum atomic E-state index is 9.67. The number of rotatable bonds is 3. The smallest absolute Gasteiger partial charge is 0.151 e. The van der Waals surface area contributed by atoms with Crippen LogP contribution >= 0.6 is 0 Å². The van der Waals surface area contributed by atoms with Crippen molar-refractivity contribution in [1.29, 1.82) is 5.26 Å². The van der Waals surface area contributed by atoms with Crippen LogP contribution in [0.2, 0.25) is 0 Å². The van der Waals surface area contributed by atoms with E-state index in [2.05, 4.69) is 38.1 Å². The van der Waals surface area contributed by atoms with Crippen LogP contribution in [0.4, 0.5) is 11.5 Å². The van der Waals surface area contributed by atoms with Crippen LogP contribution in [0.15, 0.2) is 54.6 Å². The lowest BCUT2D eigenvalue weighted by Crippen LogP contribution is -2.14. The minimum atomic E-state index is 0.575. The molecule has 0 aliphatic heterocycles. The first kappa shape index (κ1) is 16.7. The number of aryl methyl sites for hydroxylation is 3. The molecule has 0 saturated carbocycles. The number of pyridine rings is 1. The first-order valence-corrected chi connectivity index (χ1v) is 8.29. The molecular formula is C22H21N3. The minimum Gasteiger partial charge on any atom is -0.328 e. The average molecular weight is 327 g/mol. The number of nitrogens with zero attached hydrogens (tertiary/aromatic N) is 3. The molecule has 0 amide bonds. The fourth-order valence-electron chi connectivity index (χ4n) is 3.11. The molecule has 0 saturated heterocycles. The predicted octanol–water partition coefficient (Wildman–Crippen LogP) is 5.31. The van der Waals surface area contributed by atoms with Crippen molar-refractivity contribution in [2.75, 3.05) is 11.9 Å². The zero-order valence-corrected chi connectivity index (χ0v) is 15.0. The second kappa shape index (κ2) is 6.78. The lowest BCUT2D eigenvalue weighted by Gasteiger charge is -2.22. The Morgan fingerprint density at radius 2 is 1.56 bits per heavy atom. The van der Waals surface area contributed by atoms with Gasteiger partial charge in [0.2, 0.25) is 0 Å². The van der Waals surface area contributed by atoms with Crippen LogP contribution in [0.25, 0.3) is 11.1 Å². The third-order valence-corrected chi connectivity index (χ3v) is 4.31. The summed E-state index contributed by atoms with van der Waals surface area (Å²) in [4.78, 5) is 6.75. The summed E-state index contributed by atoms with van der Waals surface area (Å²) in [6, 6.07) is 20.7. The van der Waals surface area contributed by atoms with Gasteiger partial charge in [-0.3, -0.25) is 0 Å². The summed E-state index contributed by atoms with van der Waals surface area (Å²) >= 11 is 0. The van der Waals surface area contributed by atoms with Gasteiger partial charge in [0.15, 0.2) is 5.82 Å². The molecule has 0 aliphatic rings. The normalized spacial score (nSPS) is 10.4. The molecule has 0 radical (unpaired) electrons. The molecule has 0 aliphatic carbocycles. The summed E-state index contributed by atoms with van der Waals surface area (Å²) in [5.74, 6) is 0.685. The number of nitriles is 1. The van der Waals surface area contributed by atoms with E-state index in [-0.39, 0.29) is 0 Å². The predicted molar refractivity (Wildman–Crippen MR) is 103 cm³/mol. The zero-order chi connectivity index (χ0) is 18.0. The lowest BCUT2D eigenvalue weighted by atomic mass is 10.0. The summed E-state index contributed by atoms with van der Waals surface area (Å²) in [7, 11) is 1.96. The molecular weight excluding hydrogens is 306 g/mol. The Kier molecular flexibility index (Phi) is 4.54. The van der Waals surface area contributed by atoms with Gasteiger partial charge in [-0.25, -0.2) is 4.98 Å². The average Bonchev–Trinajstić information content (AvgIpc) is 2.60. The van der Waals surface area contributed by atoms with Crippen molar-refractivity contribution in [3.8, 4) is 17.2 Å². The molecule has 3 rings (SSSR count). The molecule has 2 aromatic carbocycles.